The zero-order valence-corrected chi connectivity index (χ0v) is 15.4. The quantitative estimate of drug-likeness (QED) is 0.665. The van der Waals surface area contributed by atoms with Crippen molar-refractivity contribution in [2.75, 3.05) is 13.6 Å². The standard InChI is InChI=1S/C23H23FN2O/c1-26(16-18-9-8-14-21(24)15-18)17-22(27)25-23(19-10-4-2-5-11-19)20-12-6-3-7-13-20/h2-15,23H,16-17H2,1H3,(H,25,27)/p+1. The van der Waals surface area contributed by atoms with Crippen LogP contribution in [0.1, 0.15) is 22.7 Å². The number of carbonyl (C=O) groups is 1. The zero-order chi connectivity index (χ0) is 19.1. The molecule has 2 N–H and O–H groups in total. The van der Waals surface area contributed by atoms with Gasteiger partial charge in [-0.1, -0.05) is 72.8 Å². The Hall–Kier alpha value is -2.98. The number of quaternary nitrogens is 1. The van der Waals surface area contributed by atoms with Crippen molar-refractivity contribution in [3.8, 4) is 0 Å². The minimum absolute atomic E-state index is 0.0402. The van der Waals surface area contributed by atoms with Gasteiger partial charge in [0.15, 0.2) is 6.54 Å². The molecule has 0 heterocycles. The lowest BCUT2D eigenvalue weighted by molar-refractivity contribution is -0.885. The van der Waals surface area contributed by atoms with Crippen LogP contribution in [-0.2, 0) is 11.3 Å². The summed E-state index contributed by atoms with van der Waals surface area (Å²) in [6, 6.07) is 26.2. The first kappa shape index (κ1) is 18.8. The summed E-state index contributed by atoms with van der Waals surface area (Å²) in [5.41, 5.74) is 2.96. The van der Waals surface area contributed by atoms with Gasteiger partial charge < -0.3 is 10.2 Å². The second-order valence-electron chi connectivity index (χ2n) is 6.76. The Morgan fingerprint density at radius 2 is 1.52 bits per heavy atom. The SMILES string of the molecule is C[NH+](CC(=O)NC(c1ccccc1)c1ccccc1)Cc1cccc(F)c1. The normalized spacial score (nSPS) is 12.0. The number of rotatable bonds is 7. The predicted molar refractivity (Wildman–Crippen MR) is 105 cm³/mol. The van der Waals surface area contributed by atoms with E-state index in [9.17, 15) is 9.18 Å². The Morgan fingerprint density at radius 1 is 0.926 bits per heavy atom. The molecule has 0 bridgehead atoms. The van der Waals surface area contributed by atoms with Gasteiger partial charge in [0.1, 0.15) is 12.4 Å². The number of hydrogen-bond acceptors (Lipinski definition) is 1. The summed E-state index contributed by atoms with van der Waals surface area (Å²) in [6.45, 7) is 0.902. The molecule has 3 rings (SSSR count). The molecule has 0 saturated carbocycles. The van der Waals surface area contributed by atoms with Crippen LogP contribution >= 0.6 is 0 Å². The molecule has 1 amide bonds. The smallest absolute Gasteiger partial charge is 0.275 e. The van der Waals surface area contributed by atoms with Crippen molar-refractivity contribution in [3.05, 3.63) is 107 Å². The molecule has 4 heteroatoms. The highest BCUT2D eigenvalue weighted by Gasteiger charge is 2.19. The molecule has 0 fully saturated rings. The third kappa shape index (κ3) is 5.50. The third-order valence-corrected chi connectivity index (χ3v) is 4.43. The largest absolute Gasteiger partial charge is 0.340 e. The Kier molecular flexibility index (Phi) is 6.34. The van der Waals surface area contributed by atoms with Crippen LogP contribution in [0.2, 0.25) is 0 Å². The molecule has 0 aromatic heterocycles. The van der Waals surface area contributed by atoms with Crippen molar-refractivity contribution in [1.82, 2.24) is 5.32 Å². The predicted octanol–water partition coefficient (Wildman–Crippen LogP) is 2.75. The van der Waals surface area contributed by atoms with E-state index in [2.05, 4.69) is 5.32 Å². The number of benzene rings is 3. The van der Waals surface area contributed by atoms with Crippen LogP contribution in [0.15, 0.2) is 84.9 Å². The average molecular weight is 363 g/mol. The van der Waals surface area contributed by atoms with Gasteiger partial charge in [-0.2, -0.15) is 0 Å². The molecule has 3 nitrogen and oxygen atoms in total. The number of likely N-dealkylation sites (N-methyl/N-ethyl adjacent to an activating group) is 1. The molecule has 27 heavy (non-hydrogen) atoms. The van der Waals surface area contributed by atoms with Gasteiger partial charge in [0.2, 0.25) is 0 Å². The van der Waals surface area contributed by atoms with E-state index in [1.165, 1.54) is 12.1 Å². The van der Waals surface area contributed by atoms with Gasteiger partial charge in [-0.15, -0.1) is 0 Å². The van der Waals surface area contributed by atoms with Crippen molar-refractivity contribution in [2.24, 2.45) is 0 Å². The molecule has 3 aromatic rings. The molecular weight excluding hydrogens is 339 g/mol. The van der Waals surface area contributed by atoms with Crippen molar-refractivity contribution in [1.29, 1.82) is 0 Å². The fourth-order valence-corrected chi connectivity index (χ4v) is 3.19. The van der Waals surface area contributed by atoms with Gasteiger partial charge in [0.05, 0.1) is 13.1 Å². The lowest BCUT2D eigenvalue weighted by Gasteiger charge is -2.21. The van der Waals surface area contributed by atoms with E-state index in [1.54, 1.807) is 6.07 Å². The summed E-state index contributed by atoms with van der Waals surface area (Å²) >= 11 is 0. The summed E-state index contributed by atoms with van der Waals surface area (Å²) in [7, 11) is 1.94. The molecule has 0 aliphatic heterocycles. The topological polar surface area (TPSA) is 33.5 Å². The van der Waals surface area contributed by atoms with Crippen LogP contribution < -0.4 is 10.2 Å². The van der Waals surface area contributed by atoms with Gasteiger partial charge in [0.25, 0.3) is 5.91 Å². The number of halogens is 1. The molecule has 0 radical (unpaired) electrons. The van der Waals surface area contributed by atoms with Gasteiger partial charge in [0, 0.05) is 5.56 Å². The summed E-state index contributed by atoms with van der Waals surface area (Å²) in [5.74, 6) is -0.292. The molecule has 0 aliphatic carbocycles. The highest BCUT2D eigenvalue weighted by atomic mass is 19.1. The summed E-state index contributed by atoms with van der Waals surface area (Å²) in [5, 5.41) is 3.14. The van der Waals surface area contributed by atoms with Crippen LogP contribution in [0.4, 0.5) is 4.39 Å². The molecule has 1 atom stereocenters. The average Bonchev–Trinajstić information content (AvgIpc) is 2.67. The second kappa shape index (κ2) is 9.10. The highest BCUT2D eigenvalue weighted by molar-refractivity contribution is 5.77. The van der Waals surface area contributed by atoms with Crippen molar-refractivity contribution >= 4 is 5.91 Å². The molecule has 1 unspecified atom stereocenters. The van der Waals surface area contributed by atoms with Crippen LogP contribution in [0.25, 0.3) is 0 Å². The highest BCUT2D eigenvalue weighted by Crippen LogP contribution is 2.21. The van der Waals surface area contributed by atoms with Crippen molar-refractivity contribution in [2.45, 2.75) is 12.6 Å². The monoisotopic (exact) mass is 363 g/mol. The van der Waals surface area contributed by atoms with E-state index >= 15 is 0 Å². The Bertz CT molecular complexity index is 828. The molecule has 138 valence electrons. The molecular formula is C23H24FN2O+. The van der Waals surface area contributed by atoms with E-state index in [-0.39, 0.29) is 17.8 Å². The molecule has 0 aliphatic rings. The Labute approximate surface area is 159 Å². The number of carbonyl (C=O) groups excluding carboxylic acids is 1. The van der Waals surface area contributed by atoms with Gasteiger partial charge in [-0.05, 0) is 23.3 Å². The molecule has 3 aromatic carbocycles. The van der Waals surface area contributed by atoms with Gasteiger partial charge >= 0.3 is 0 Å². The molecule has 0 saturated heterocycles. The van der Waals surface area contributed by atoms with E-state index in [0.717, 1.165) is 21.6 Å². The minimum Gasteiger partial charge on any atom is -0.340 e. The maximum Gasteiger partial charge on any atom is 0.275 e. The minimum atomic E-state index is -0.252. The summed E-state index contributed by atoms with van der Waals surface area (Å²) in [4.78, 5) is 13.7. The lowest BCUT2D eigenvalue weighted by atomic mass is 9.99. The lowest BCUT2D eigenvalue weighted by Crippen LogP contribution is -3.08. The fraction of sp³-hybridized carbons (Fsp3) is 0.174. The van der Waals surface area contributed by atoms with E-state index in [1.807, 2.05) is 73.8 Å². The van der Waals surface area contributed by atoms with Crippen LogP contribution in [0.5, 0.6) is 0 Å². The Morgan fingerprint density at radius 3 is 2.07 bits per heavy atom. The van der Waals surface area contributed by atoms with Crippen LogP contribution in [0, 0.1) is 5.82 Å². The van der Waals surface area contributed by atoms with Crippen molar-refractivity contribution < 1.29 is 14.1 Å². The van der Waals surface area contributed by atoms with E-state index < -0.39 is 0 Å². The van der Waals surface area contributed by atoms with E-state index in [4.69, 9.17) is 0 Å². The fourth-order valence-electron chi connectivity index (χ4n) is 3.19. The maximum absolute atomic E-state index is 13.3. The number of hydrogen-bond donors (Lipinski definition) is 2. The van der Waals surface area contributed by atoms with Gasteiger partial charge in [-0.25, -0.2) is 4.39 Å². The number of nitrogens with one attached hydrogen (secondary N) is 2. The molecule has 0 spiro atoms. The van der Waals surface area contributed by atoms with E-state index in [0.29, 0.717) is 13.1 Å². The number of amides is 1. The van der Waals surface area contributed by atoms with Gasteiger partial charge in [-0.3, -0.25) is 4.79 Å². The van der Waals surface area contributed by atoms with Crippen molar-refractivity contribution in [3.63, 3.8) is 0 Å². The third-order valence-electron chi connectivity index (χ3n) is 4.43. The second-order valence-corrected chi connectivity index (χ2v) is 6.76. The Balaban J connectivity index is 1.67. The first-order valence-electron chi connectivity index (χ1n) is 9.07. The zero-order valence-electron chi connectivity index (χ0n) is 15.4. The summed E-state index contributed by atoms with van der Waals surface area (Å²) in [6.07, 6.45) is 0. The van der Waals surface area contributed by atoms with Crippen LogP contribution in [0.3, 0.4) is 0 Å². The maximum atomic E-state index is 13.3. The van der Waals surface area contributed by atoms with Crippen LogP contribution in [-0.4, -0.2) is 19.5 Å². The first-order valence-corrected chi connectivity index (χ1v) is 9.07. The first-order chi connectivity index (χ1) is 13.1. The summed E-state index contributed by atoms with van der Waals surface area (Å²) < 4.78 is 13.3.